The average molecular weight is 333 g/mol. The highest BCUT2D eigenvalue weighted by Gasteiger charge is 2.15. The zero-order valence-electron chi connectivity index (χ0n) is 13.6. The molecular weight excluding hydrogens is 310 g/mol. The van der Waals surface area contributed by atoms with Gasteiger partial charge in [0.05, 0.1) is 6.61 Å². The van der Waals surface area contributed by atoms with E-state index in [1.165, 1.54) is 10.4 Å². The van der Waals surface area contributed by atoms with Crippen molar-refractivity contribution in [1.82, 2.24) is 4.90 Å². The van der Waals surface area contributed by atoms with Gasteiger partial charge in [0.25, 0.3) is 0 Å². The number of nitrogens with zero attached hydrogens (tertiary/aromatic N) is 1. The Bertz CT molecular complexity index is 595. The molecule has 5 heteroatoms. The molecule has 1 unspecified atom stereocenters. The number of hydrogen-bond donors (Lipinski definition) is 1. The highest BCUT2D eigenvalue weighted by Crippen LogP contribution is 2.18. The summed E-state index contributed by atoms with van der Waals surface area (Å²) in [5, 5.41) is 11.0. The van der Waals surface area contributed by atoms with Crippen LogP contribution in [0.2, 0.25) is 0 Å². The highest BCUT2D eigenvalue weighted by atomic mass is 32.1. The first kappa shape index (κ1) is 17.5. The van der Waals surface area contributed by atoms with Gasteiger partial charge in [0.1, 0.15) is 11.8 Å². The Balaban J connectivity index is 1.71. The number of hydrogen-bond acceptors (Lipinski definition) is 4. The summed E-state index contributed by atoms with van der Waals surface area (Å²) < 4.78 is 5.72. The minimum Gasteiger partial charge on any atom is -0.494 e. The fraction of sp³-hybridized carbons (Fsp3) is 0.389. The molecule has 0 saturated carbocycles. The summed E-state index contributed by atoms with van der Waals surface area (Å²) in [4.78, 5) is 14.0. The van der Waals surface area contributed by atoms with Gasteiger partial charge in [0.2, 0.25) is 0 Å². The minimum absolute atomic E-state index is 0.466. The van der Waals surface area contributed by atoms with Crippen LogP contribution < -0.4 is 4.74 Å². The Kier molecular flexibility index (Phi) is 6.62. The van der Waals surface area contributed by atoms with Crippen LogP contribution in [0.25, 0.3) is 0 Å². The SMILES string of the molecule is CC(C(=O)O)N(C)CCCOc1ccc(Cc2cccs2)cc1. The third kappa shape index (κ3) is 5.69. The number of benzene rings is 1. The molecule has 1 heterocycles. The number of likely N-dealkylation sites (N-methyl/N-ethyl adjacent to an activating group) is 1. The third-order valence-electron chi connectivity index (χ3n) is 3.82. The summed E-state index contributed by atoms with van der Waals surface area (Å²) in [5.74, 6) is 0.0589. The van der Waals surface area contributed by atoms with Gasteiger partial charge in [-0.3, -0.25) is 9.69 Å². The molecule has 1 aromatic heterocycles. The monoisotopic (exact) mass is 333 g/mol. The number of thiophene rings is 1. The van der Waals surface area contributed by atoms with Crippen LogP contribution in [0, 0.1) is 0 Å². The molecule has 0 aliphatic rings. The number of carboxylic acid groups (broad SMARTS) is 1. The number of ether oxygens (including phenoxy) is 1. The van der Waals surface area contributed by atoms with Crippen molar-refractivity contribution >= 4 is 17.3 Å². The van der Waals surface area contributed by atoms with Crippen LogP contribution in [0.4, 0.5) is 0 Å². The van der Waals surface area contributed by atoms with Gasteiger partial charge < -0.3 is 9.84 Å². The van der Waals surface area contributed by atoms with E-state index in [0.29, 0.717) is 13.2 Å². The van der Waals surface area contributed by atoms with Gasteiger partial charge in [0.15, 0.2) is 0 Å². The van der Waals surface area contributed by atoms with Crippen molar-refractivity contribution in [2.45, 2.75) is 25.8 Å². The van der Waals surface area contributed by atoms with Crippen molar-refractivity contribution in [3.8, 4) is 5.75 Å². The summed E-state index contributed by atoms with van der Waals surface area (Å²) in [5.41, 5.74) is 1.27. The van der Waals surface area contributed by atoms with E-state index >= 15 is 0 Å². The quantitative estimate of drug-likeness (QED) is 0.714. The van der Waals surface area contributed by atoms with Crippen LogP contribution in [0.3, 0.4) is 0 Å². The summed E-state index contributed by atoms with van der Waals surface area (Å²) in [7, 11) is 1.82. The van der Waals surface area contributed by atoms with Crippen molar-refractivity contribution in [2.75, 3.05) is 20.2 Å². The number of carbonyl (C=O) groups is 1. The van der Waals surface area contributed by atoms with Gasteiger partial charge in [0, 0.05) is 17.8 Å². The summed E-state index contributed by atoms with van der Waals surface area (Å²) in [6.45, 7) is 2.97. The molecule has 0 aliphatic carbocycles. The molecule has 124 valence electrons. The van der Waals surface area contributed by atoms with E-state index in [2.05, 4.69) is 29.6 Å². The molecule has 0 radical (unpaired) electrons. The lowest BCUT2D eigenvalue weighted by molar-refractivity contribution is -0.142. The van der Waals surface area contributed by atoms with Crippen molar-refractivity contribution < 1.29 is 14.6 Å². The van der Waals surface area contributed by atoms with Gasteiger partial charge in [-0.15, -0.1) is 11.3 Å². The lowest BCUT2D eigenvalue weighted by atomic mass is 10.1. The molecule has 0 fully saturated rings. The Morgan fingerprint density at radius 1 is 1.30 bits per heavy atom. The lowest BCUT2D eigenvalue weighted by Crippen LogP contribution is -2.36. The number of rotatable bonds is 9. The van der Waals surface area contributed by atoms with Crippen molar-refractivity contribution in [1.29, 1.82) is 0 Å². The van der Waals surface area contributed by atoms with Gasteiger partial charge in [-0.1, -0.05) is 18.2 Å². The van der Waals surface area contributed by atoms with Gasteiger partial charge >= 0.3 is 5.97 Å². The van der Waals surface area contributed by atoms with Crippen LogP contribution in [0.5, 0.6) is 5.75 Å². The second-order valence-corrected chi connectivity index (χ2v) is 6.63. The van der Waals surface area contributed by atoms with E-state index in [-0.39, 0.29) is 0 Å². The molecule has 0 aliphatic heterocycles. The minimum atomic E-state index is -0.797. The van der Waals surface area contributed by atoms with E-state index < -0.39 is 12.0 Å². The fourth-order valence-corrected chi connectivity index (χ4v) is 2.94. The average Bonchev–Trinajstić information content (AvgIpc) is 3.05. The highest BCUT2D eigenvalue weighted by molar-refractivity contribution is 7.09. The Labute approximate surface area is 141 Å². The second-order valence-electron chi connectivity index (χ2n) is 5.60. The van der Waals surface area contributed by atoms with E-state index in [1.807, 2.05) is 24.1 Å². The predicted octanol–water partition coefficient (Wildman–Crippen LogP) is 3.51. The lowest BCUT2D eigenvalue weighted by Gasteiger charge is -2.20. The van der Waals surface area contributed by atoms with Crippen LogP contribution in [0.1, 0.15) is 23.8 Å². The molecule has 23 heavy (non-hydrogen) atoms. The Hall–Kier alpha value is -1.85. The topological polar surface area (TPSA) is 49.8 Å². The zero-order valence-corrected chi connectivity index (χ0v) is 14.4. The van der Waals surface area contributed by atoms with Gasteiger partial charge in [-0.2, -0.15) is 0 Å². The largest absolute Gasteiger partial charge is 0.494 e. The second kappa shape index (κ2) is 8.70. The van der Waals surface area contributed by atoms with Crippen LogP contribution >= 0.6 is 11.3 Å². The maximum atomic E-state index is 10.9. The first-order chi connectivity index (χ1) is 11.1. The molecule has 0 saturated heterocycles. The summed E-state index contributed by atoms with van der Waals surface area (Å²) >= 11 is 1.77. The smallest absolute Gasteiger partial charge is 0.320 e. The molecule has 0 spiro atoms. The molecule has 4 nitrogen and oxygen atoms in total. The third-order valence-corrected chi connectivity index (χ3v) is 4.70. The standard InChI is InChI=1S/C18H23NO3S/c1-14(18(20)21)19(2)10-4-11-22-16-8-6-15(7-9-16)13-17-5-3-12-23-17/h3,5-9,12,14H,4,10-11,13H2,1-2H3,(H,20,21). The summed E-state index contributed by atoms with van der Waals surface area (Å²) in [6.07, 6.45) is 1.75. The maximum absolute atomic E-state index is 10.9. The fourth-order valence-electron chi connectivity index (χ4n) is 2.20. The van der Waals surface area contributed by atoms with E-state index in [4.69, 9.17) is 9.84 Å². The molecule has 1 aromatic carbocycles. The van der Waals surface area contributed by atoms with Crippen LogP contribution in [0.15, 0.2) is 41.8 Å². The molecule has 2 aromatic rings. The van der Waals surface area contributed by atoms with E-state index in [9.17, 15) is 4.79 Å². The number of carboxylic acids is 1. The first-order valence-corrected chi connectivity index (χ1v) is 8.61. The molecular formula is C18H23NO3S. The normalized spacial score (nSPS) is 12.3. The van der Waals surface area contributed by atoms with E-state index in [1.54, 1.807) is 18.3 Å². The van der Waals surface area contributed by atoms with Crippen molar-refractivity contribution in [3.63, 3.8) is 0 Å². The maximum Gasteiger partial charge on any atom is 0.320 e. The van der Waals surface area contributed by atoms with Crippen molar-refractivity contribution in [2.24, 2.45) is 0 Å². The Morgan fingerprint density at radius 2 is 2.04 bits per heavy atom. The van der Waals surface area contributed by atoms with Crippen LogP contribution in [-0.4, -0.2) is 42.2 Å². The molecule has 2 rings (SSSR count). The molecule has 1 N–H and O–H groups in total. The summed E-state index contributed by atoms with van der Waals surface area (Å²) in [6, 6.07) is 11.9. The molecule has 1 atom stereocenters. The first-order valence-electron chi connectivity index (χ1n) is 7.73. The molecule has 0 bridgehead atoms. The predicted molar refractivity (Wildman–Crippen MR) is 93.4 cm³/mol. The Morgan fingerprint density at radius 3 is 2.65 bits per heavy atom. The van der Waals surface area contributed by atoms with Gasteiger partial charge in [-0.05, 0) is 49.5 Å². The number of aliphatic carboxylic acids is 1. The molecule has 0 amide bonds. The van der Waals surface area contributed by atoms with E-state index in [0.717, 1.165) is 18.6 Å². The van der Waals surface area contributed by atoms with Crippen molar-refractivity contribution in [3.05, 3.63) is 52.2 Å². The van der Waals surface area contributed by atoms with Gasteiger partial charge in [-0.25, -0.2) is 0 Å². The van der Waals surface area contributed by atoms with Crippen LogP contribution in [-0.2, 0) is 11.2 Å². The zero-order chi connectivity index (χ0) is 16.7.